The van der Waals surface area contributed by atoms with Crippen molar-refractivity contribution in [2.45, 2.75) is 169 Å². The van der Waals surface area contributed by atoms with Gasteiger partial charge in [-0.05, 0) is 36.8 Å². The fourth-order valence-electron chi connectivity index (χ4n) is 5.68. The number of esters is 2. The molecule has 0 fully saturated rings. The van der Waals surface area contributed by atoms with E-state index in [1.54, 1.807) is 24.3 Å². The lowest BCUT2D eigenvalue weighted by molar-refractivity contribution is 0.0381. The molecule has 0 saturated heterocycles. The Kier molecular flexibility index (Phi) is 24.3. The molecule has 1 rings (SSSR count). The molecule has 0 spiro atoms. The summed E-state index contributed by atoms with van der Waals surface area (Å²) in [6, 6.07) is 6.93. The van der Waals surface area contributed by atoms with E-state index in [2.05, 4.69) is 27.7 Å². The Balaban J connectivity index is 2.37. The van der Waals surface area contributed by atoms with Crippen LogP contribution in [0.5, 0.6) is 0 Å². The zero-order chi connectivity index (χ0) is 30.7. The molecule has 0 unspecified atom stereocenters. The lowest BCUT2D eigenvalue weighted by Crippen LogP contribution is -2.19. The highest BCUT2D eigenvalue weighted by molar-refractivity contribution is 6.03. The van der Waals surface area contributed by atoms with Gasteiger partial charge in [-0.2, -0.15) is 0 Å². The molecule has 0 aliphatic carbocycles. The van der Waals surface area contributed by atoms with Crippen LogP contribution in [-0.4, -0.2) is 25.2 Å². The van der Waals surface area contributed by atoms with E-state index < -0.39 is 11.9 Å². The van der Waals surface area contributed by atoms with Crippen molar-refractivity contribution >= 4 is 11.9 Å². The maximum absolute atomic E-state index is 13.0. The summed E-state index contributed by atoms with van der Waals surface area (Å²) in [5.41, 5.74) is 0.625. The van der Waals surface area contributed by atoms with Gasteiger partial charge in [0.15, 0.2) is 0 Å². The minimum Gasteiger partial charge on any atom is -0.462 e. The van der Waals surface area contributed by atoms with Crippen LogP contribution in [0.3, 0.4) is 0 Å². The van der Waals surface area contributed by atoms with Crippen molar-refractivity contribution in [2.24, 2.45) is 11.8 Å². The van der Waals surface area contributed by atoms with Gasteiger partial charge < -0.3 is 9.47 Å². The van der Waals surface area contributed by atoms with Crippen LogP contribution >= 0.6 is 0 Å². The summed E-state index contributed by atoms with van der Waals surface area (Å²) < 4.78 is 11.4. The smallest absolute Gasteiger partial charge is 0.339 e. The molecule has 0 saturated carbocycles. The largest absolute Gasteiger partial charge is 0.462 e. The number of carbonyl (C=O) groups is 2. The number of unbranched alkanes of at least 4 members (excludes halogenated alkanes) is 16. The van der Waals surface area contributed by atoms with Crippen LogP contribution in [0.1, 0.15) is 190 Å². The first-order valence-electron chi connectivity index (χ1n) is 18.0. The third-order valence-electron chi connectivity index (χ3n) is 8.85. The van der Waals surface area contributed by atoms with Crippen LogP contribution in [0, 0.1) is 11.8 Å². The summed E-state index contributed by atoms with van der Waals surface area (Å²) in [4.78, 5) is 26.0. The van der Waals surface area contributed by atoms with Gasteiger partial charge in [0.2, 0.25) is 0 Å². The van der Waals surface area contributed by atoms with Gasteiger partial charge >= 0.3 is 11.9 Å². The van der Waals surface area contributed by atoms with E-state index >= 15 is 0 Å². The van der Waals surface area contributed by atoms with Crippen molar-refractivity contribution < 1.29 is 19.1 Å². The first-order chi connectivity index (χ1) is 20.6. The number of hydrogen-bond donors (Lipinski definition) is 0. The van der Waals surface area contributed by atoms with Crippen molar-refractivity contribution in [2.75, 3.05) is 13.2 Å². The normalized spacial score (nSPS) is 12.7. The lowest BCUT2D eigenvalue weighted by Gasteiger charge is -2.17. The van der Waals surface area contributed by atoms with Gasteiger partial charge in [-0.15, -0.1) is 0 Å². The topological polar surface area (TPSA) is 52.6 Å². The van der Waals surface area contributed by atoms with Gasteiger partial charge in [-0.25, -0.2) is 9.59 Å². The molecule has 0 bridgehead atoms. The van der Waals surface area contributed by atoms with E-state index in [9.17, 15) is 9.59 Å². The van der Waals surface area contributed by atoms with E-state index in [1.807, 2.05) is 0 Å². The lowest BCUT2D eigenvalue weighted by atomic mass is 9.98. The van der Waals surface area contributed by atoms with Gasteiger partial charge in [0.1, 0.15) is 0 Å². The Hall–Kier alpha value is -1.84. The fourth-order valence-corrected chi connectivity index (χ4v) is 5.68. The first kappa shape index (κ1) is 38.2. The van der Waals surface area contributed by atoms with E-state index in [-0.39, 0.29) is 0 Å². The molecule has 0 radical (unpaired) electrons. The highest BCUT2D eigenvalue weighted by Gasteiger charge is 2.21. The Morgan fingerprint density at radius 2 is 0.810 bits per heavy atom. The van der Waals surface area contributed by atoms with Crippen molar-refractivity contribution in [1.82, 2.24) is 0 Å². The molecule has 0 aliphatic heterocycles. The van der Waals surface area contributed by atoms with Crippen LogP contribution in [0.2, 0.25) is 0 Å². The van der Waals surface area contributed by atoms with E-state index in [0.717, 1.165) is 25.7 Å². The predicted octanol–water partition coefficient (Wildman–Crippen LogP) is 11.9. The Morgan fingerprint density at radius 1 is 0.500 bits per heavy atom. The molecule has 1 aromatic carbocycles. The highest BCUT2D eigenvalue weighted by Crippen LogP contribution is 2.20. The number of benzene rings is 1. The second kappa shape index (κ2) is 26.8. The number of ether oxygens (including phenoxy) is 2. The first-order valence-corrected chi connectivity index (χ1v) is 18.0. The standard InChI is InChI=1S/C38H66O4/c1-5-9-11-13-15-17-19-21-23-27-33(7-3)31-41-37(39)35-29-25-26-30-36(35)38(40)42-32-34(8-4)28-24-22-20-18-16-14-12-10-6-2/h25-26,29-30,33-34H,5-24,27-28,31-32H2,1-4H3/t33-,34+. The third-order valence-corrected chi connectivity index (χ3v) is 8.85. The third kappa shape index (κ3) is 18.6. The highest BCUT2D eigenvalue weighted by atomic mass is 16.5. The second-order valence-corrected chi connectivity index (χ2v) is 12.5. The maximum Gasteiger partial charge on any atom is 0.339 e. The quantitative estimate of drug-likeness (QED) is 0.0724. The summed E-state index contributed by atoms with van der Waals surface area (Å²) in [5, 5.41) is 0. The van der Waals surface area contributed by atoms with E-state index in [0.29, 0.717) is 36.2 Å². The molecular weight excluding hydrogens is 520 g/mol. The molecule has 0 aromatic heterocycles. The summed E-state index contributed by atoms with van der Waals surface area (Å²) in [6.45, 7) is 9.67. The summed E-state index contributed by atoms with van der Waals surface area (Å²) >= 11 is 0. The average molecular weight is 587 g/mol. The van der Waals surface area contributed by atoms with Crippen molar-refractivity contribution in [3.63, 3.8) is 0 Å². The van der Waals surface area contributed by atoms with E-state index in [4.69, 9.17) is 9.47 Å². The van der Waals surface area contributed by atoms with Crippen LogP contribution in [0.4, 0.5) is 0 Å². The SMILES string of the molecule is CCCCCCCCCCC[C@@H](CC)COC(=O)c1ccccc1C(=O)OC[C@@H](CC)CCCCCCCCCCC. The Bertz CT molecular complexity index is 724. The van der Waals surface area contributed by atoms with Gasteiger partial charge in [-0.1, -0.05) is 168 Å². The molecule has 0 N–H and O–H groups in total. The molecule has 42 heavy (non-hydrogen) atoms. The molecule has 4 nitrogen and oxygen atoms in total. The van der Waals surface area contributed by atoms with E-state index in [1.165, 1.54) is 116 Å². The van der Waals surface area contributed by atoms with Crippen molar-refractivity contribution in [1.29, 1.82) is 0 Å². The fraction of sp³-hybridized carbons (Fsp3) is 0.789. The van der Waals surface area contributed by atoms with Crippen LogP contribution in [0.25, 0.3) is 0 Å². The predicted molar refractivity (Wildman–Crippen MR) is 178 cm³/mol. The minimum atomic E-state index is -0.421. The molecule has 0 amide bonds. The van der Waals surface area contributed by atoms with Crippen molar-refractivity contribution in [3.8, 4) is 0 Å². The molecule has 4 heteroatoms. The van der Waals surface area contributed by atoms with Crippen LogP contribution < -0.4 is 0 Å². The van der Waals surface area contributed by atoms with Gasteiger partial charge in [-0.3, -0.25) is 0 Å². The maximum atomic E-state index is 13.0. The van der Waals surface area contributed by atoms with Gasteiger partial charge in [0.25, 0.3) is 0 Å². The number of hydrogen-bond acceptors (Lipinski definition) is 4. The van der Waals surface area contributed by atoms with Crippen molar-refractivity contribution in [3.05, 3.63) is 35.4 Å². The number of rotatable bonds is 28. The Labute approximate surface area is 260 Å². The molecule has 0 heterocycles. The average Bonchev–Trinajstić information content (AvgIpc) is 3.01. The van der Waals surface area contributed by atoms with Crippen LogP contribution in [-0.2, 0) is 9.47 Å². The molecule has 2 atom stereocenters. The van der Waals surface area contributed by atoms with Gasteiger partial charge in [0, 0.05) is 0 Å². The second-order valence-electron chi connectivity index (χ2n) is 12.5. The molecular formula is C38H66O4. The summed E-state index contributed by atoms with van der Waals surface area (Å²) in [6.07, 6.45) is 27.8. The Morgan fingerprint density at radius 3 is 1.12 bits per heavy atom. The summed E-state index contributed by atoms with van der Waals surface area (Å²) in [5.74, 6) is -0.113. The number of carbonyl (C=O) groups excluding carboxylic acids is 2. The van der Waals surface area contributed by atoms with Crippen LogP contribution in [0.15, 0.2) is 24.3 Å². The monoisotopic (exact) mass is 586 g/mol. The summed E-state index contributed by atoms with van der Waals surface area (Å²) in [7, 11) is 0. The zero-order valence-corrected chi connectivity index (χ0v) is 28.1. The molecule has 242 valence electrons. The molecule has 1 aromatic rings. The molecule has 0 aliphatic rings. The zero-order valence-electron chi connectivity index (χ0n) is 28.1. The van der Waals surface area contributed by atoms with Gasteiger partial charge in [0.05, 0.1) is 24.3 Å². The minimum absolute atomic E-state index is 0.312.